The Balaban J connectivity index is 2.71. The fourth-order valence-corrected chi connectivity index (χ4v) is 1.12. The number of benzene rings is 1. The quantitative estimate of drug-likeness (QED) is 0.604. The van der Waals surface area contributed by atoms with E-state index >= 15 is 0 Å². The van der Waals surface area contributed by atoms with E-state index in [4.69, 9.17) is 0 Å². The first kappa shape index (κ1) is 12.0. The van der Waals surface area contributed by atoms with E-state index in [0.29, 0.717) is 5.71 Å². The van der Waals surface area contributed by atoms with Crippen LogP contribution in [0.3, 0.4) is 0 Å². The van der Waals surface area contributed by atoms with Crippen molar-refractivity contribution in [2.75, 3.05) is 19.5 Å². The smallest absolute Gasteiger partial charge is 0.427 e. The summed E-state index contributed by atoms with van der Waals surface area (Å²) < 4.78 is 4.41. The van der Waals surface area contributed by atoms with Gasteiger partial charge in [0.05, 0.1) is 12.8 Å². The van der Waals surface area contributed by atoms with Gasteiger partial charge in [0, 0.05) is 12.7 Å². The van der Waals surface area contributed by atoms with Gasteiger partial charge in [-0.05, 0) is 24.6 Å². The molecule has 0 heterocycles. The summed E-state index contributed by atoms with van der Waals surface area (Å²) >= 11 is 0. The minimum Gasteiger partial charge on any atom is -0.452 e. The summed E-state index contributed by atoms with van der Waals surface area (Å²) in [6.45, 7) is 1.81. The van der Waals surface area contributed by atoms with Crippen LogP contribution in [0.15, 0.2) is 29.4 Å². The Morgan fingerprint density at radius 2 is 1.94 bits per heavy atom. The number of nitrogens with one attached hydrogen (secondary N) is 2. The van der Waals surface area contributed by atoms with Crippen LogP contribution in [-0.2, 0) is 4.74 Å². The first-order valence-corrected chi connectivity index (χ1v) is 4.84. The number of anilines is 1. The highest BCUT2D eigenvalue weighted by Gasteiger charge is 1.99. The number of ether oxygens (including phenoxy) is 1. The highest BCUT2D eigenvalue weighted by Crippen LogP contribution is 2.09. The molecule has 0 spiro atoms. The third-order valence-corrected chi connectivity index (χ3v) is 2.09. The van der Waals surface area contributed by atoms with E-state index in [9.17, 15) is 4.79 Å². The summed E-state index contributed by atoms with van der Waals surface area (Å²) in [5.41, 5.74) is 4.95. The van der Waals surface area contributed by atoms with E-state index in [1.807, 2.05) is 38.2 Å². The minimum absolute atomic E-state index is 0.578. The fourth-order valence-electron chi connectivity index (χ4n) is 1.12. The molecule has 1 aromatic carbocycles. The molecule has 5 heteroatoms. The molecule has 0 unspecified atom stereocenters. The Morgan fingerprint density at radius 3 is 2.44 bits per heavy atom. The normalized spacial score (nSPS) is 10.8. The number of amides is 1. The average Bonchev–Trinajstić information content (AvgIpc) is 2.35. The van der Waals surface area contributed by atoms with Crippen molar-refractivity contribution in [3.8, 4) is 0 Å². The van der Waals surface area contributed by atoms with Gasteiger partial charge in [0.15, 0.2) is 0 Å². The van der Waals surface area contributed by atoms with E-state index in [1.54, 1.807) is 0 Å². The molecular weight excluding hydrogens is 206 g/mol. The minimum atomic E-state index is -0.578. The zero-order valence-corrected chi connectivity index (χ0v) is 9.57. The second kappa shape index (κ2) is 5.75. The Kier molecular flexibility index (Phi) is 4.32. The van der Waals surface area contributed by atoms with Gasteiger partial charge in [-0.25, -0.2) is 10.2 Å². The lowest BCUT2D eigenvalue weighted by Crippen LogP contribution is -2.18. The maximum Gasteiger partial charge on any atom is 0.427 e. The topological polar surface area (TPSA) is 62.7 Å². The number of hydrogen-bond donors (Lipinski definition) is 2. The molecule has 86 valence electrons. The molecule has 16 heavy (non-hydrogen) atoms. The SMILES string of the molecule is CNc1ccc(/C(C)=N/NC(=O)OC)cc1. The third-order valence-electron chi connectivity index (χ3n) is 2.09. The largest absolute Gasteiger partial charge is 0.452 e. The number of hydrazone groups is 1. The number of carbonyl (C=O) groups excluding carboxylic acids is 1. The van der Waals surface area contributed by atoms with Gasteiger partial charge in [0.25, 0.3) is 0 Å². The van der Waals surface area contributed by atoms with Gasteiger partial charge in [0.2, 0.25) is 0 Å². The van der Waals surface area contributed by atoms with Crippen LogP contribution in [0.1, 0.15) is 12.5 Å². The van der Waals surface area contributed by atoms with Crippen molar-refractivity contribution >= 4 is 17.5 Å². The predicted octanol–water partition coefficient (Wildman–Crippen LogP) is 1.81. The number of rotatable bonds is 3. The third kappa shape index (κ3) is 3.27. The maximum absolute atomic E-state index is 10.8. The predicted molar refractivity (Wildman–Crippen MR) is 63.7 cm³/mol. The van der Waals surface area contributed by atoms with Crippen molar-refractivity contribution in [3.05, 3.63) is 29.8 Å². The van der Waals surface area contributed by atoms with E-state index < -0.39 is 6.09 Å². The molecule has 5 nitrogen and oxygen atoms in total. The summed E-state index contributed by atoms with van der Waals surface area (Å²) in [5.74, 6) is 0. The molecule has 1 aromatic rings. The zero-order valence-electron chi connectivity index (χ0n) is 9.57. The Bertz CT molecular complexity index is 385. The first-order chi connectivity index (χ1) is 7.67. The van der Waals surface area contributed by atoms with Crippen LogP contribution in [0.4, 0.5) is 10.5 Å². The summed E-state index contributed by atoms with van der Waals surface area (Å²) in [7, 11) is 3.15. The Labute approximate surface area is 94.5 Å². The molecule has 1 rings (SSSR count). The van der Waals surface area contributed by atoms with Crippen LogP contribution in [0.2, 0.25) is 0 Å². The standard InChI is InChI=1S/C11H15N3O2/c1-8(13-14-11(15)16-3)9-4-6-10(12-2)7-5-9/h4-7,12H,1-3H3,(H,14,15)/b13-8+. The van der Waals surface area contributed by atoms with Crippen LogP contribution in [0, 0.1) is 0 Å². The Morgan fingerprint density at radius 1 is 1.31 bits per heavy atom. The van der Waals surface area contributed by atoms with Gasteiger partial charge in [-0.15, -0.1) is 0 Å². The summed E-state index contributed by atoms with van der Waals surface area (Å²) in [6, 6.07) is 7.71. The van der Waals surface area contributed by atoms with Crippen molar-refractivity contribution in [2.45, 2.75) is 6.92 Å². The van der Waals surface area contributed by atoms with Gasteiger partial charge in [0.1, 0.15) is 0 Å². The lowest BCUT2D eigenvalue weighted by molar-refractivity contribution is 0.171. The van der Waals surface area contributed by atoms with Gasteiger partial charge in [-0.1, -0.05) is 12.1 Å². The maximum atomic E-state index is 10.8. The second-order valence-electron chi connectivity index (χ2n) is 3.13. The highest BCUT2D eigenvalue weighted by atomic mass is 16.5. The van der Waals surface area contributed by atoms with E-state index in [-0.39, 0.29) is 0 Å². The Hall–Kier alpha value is -2.04. The molecule has 0 radical (unpaired) electrons. The second-order valence-corrected chi connectivity index (χ2v) is 3.13. The summed E-state index contributed by atoms with van der Waals surface area (Å²) in [4.78, 5) is 10.8. The summed E-state index contributed by atoms with van der Waals surface area (Å²) in [6.07, 6.45) is -0.578. The van der Waals surface area contributed by atoms with Gasteiger partial charge >= 0.3 is 6.09 Å². The van der Waals surface area contributed by atoms with Crippen LogP contribution < -0.4 is 10.7 Å². The molecule has 0 aliphatic rings. The average molecular weight is 221 g/mol. The van der Waals surface area contributed by atoms with E-state index in [1.165, 1.54) is 7.11 Å². The number of methoxy groups -OCH3 is 1. The number of carbonyl (C=O) groups is 1. The van der Waals surface area contributed by atoms with Crippen molar-refractivity contribution < 1.29 is 9.53 Å². The van der Waals surface area contributed by atoms with Crippen LogP contribution in [-0.4, -0.2) is 26.0 Å². The van der Waals surface area contributed by atoms with Crippen molar-refractivity contribution in [1.82, 2.24) is 5.43 Å². The van der Waals surface area contributed by atoms with E-state index in [0.717, 1.165) is 11.3 Å². The molecule has 0 fully saturated rings. The molecule has 0 aromatic heterocycles. The molecule has 0 saturated heterocycles. The summed E-state index contributed by atoms with van der Waals surface area (Å²) in [5, 5.41) is 6.92. The molecule has 1 amide bonds. The number of hydrogen-bond acceptors (Lipinski definition) is 4. The first-order valence-electron chi connectivity index (χ1n) is 4.84. The van der Waals surface area contributed by atoms with Gasteiger partial charge in [-0.2, -0.15) is 5.10 Å². The molecule has 2 N–H and O–H groups in total. The fraction of sp³-hybridized carbons (Fsp3) is 0.273. The molecule has 0 aliphatic carbocycles. The lowest BCUT2D eigenvalue weighted by atomic mass is 10.1. The van der Waals surface area contributed by atoms with Crippen molar-refractivity contribution in [3.63, 3.8) is 0 Å². The molecule has 0 saturated carbocycles. The molecule has 0 atom stereocenters. The monoisotopic (exact) mass is 221 g/mol. The zero-order chi connectivity index (χ0) is 12.0. The van der Waals surface area contributed by atoms with Crippen LogP contribution in [0.25, 0.3) is 0 Å². The highest BCUT2D eigenvalue weighted by molar-refractivity contribution is 5.99. The molecule has 0 aliphatic heterocycles. The number of nitrogens with zero attached hydrogens (tertiary/aromatic N) is 1. The van der Waals surface area contributed by atoms with Crippen molar-refractivity contribution in [1.29, 1.82) is 0 Å². The van der Waals surface area contributed by atoms with Crippen molar-refractivity contribution in [2.24, 2.45) is 5.10 Å². The molecular formula is C11H15N3O2. The van der Waals surface area contributed by atoms with Gasteiger partial charge < -0.3 is 10.1 Å². The lowest BCUT2D eigenvalue weighted by Gasteiger charge is -2.03. The van der Waals surface area contributed by atoms with Crippen LogP contribution >= 0.6 is 0 Å². The van der Waals surface area contributed by atoms with Gasteiger partial charge in [-0.3, -0.25) is 0 Å². The molecule has 0 bridgehead atoms. The van der Waals surface area contributed by atoms with Crippen LogP contribution in [0.5, 0.6) is 0 Å². The van der Waals surface area contributed by atoms with E-state index in [2.05, 4.69) is 20.6 Å².